The van der Waals surface area contributed by atoms with Gasteiger partial charge < -0.3 is 10.4 Å². The van der Waals surface area contributed by atoms with E-state index in [2.05, 4.69) is 10.3 Å². The van der Waals surface area contributed by atoms with Crippen molar-refractivity contribution < 1.29 is 9.90 Å². The predicted octanol–water partition coefficient (Wildman–Crippen LogP) is 1.23. The molecule has 0 spiro atoms. The Morgan fingerprint density at radius 3 is 3.07 bits per heavy atom. The predicted molar refractivity (Wildman–Crippen MR) is 54.3 cm³/mol. The minimum Gasteiger partial charge on any atom is -0.480 e. The second-order valence-corrected chi connectivity index (χ2v) is 2.95. The third-order valence-electron chi connectivity index (χ3n) is 1.95. The molecule has 0 aliphatic carbocycles. The molecule has 1 atom stereocenters. The minimum absolute atomic E-state index is 0.206. The number of anilines is 1. The smallest absolute Gasteiger partial charge is 0.326 e. The van der Waals surface area contributed by atoms with Crippen LogP contribution in [0, 0.1) is 11.3 Å². The summed E-state index contributed by atoms with van der Waals surface area (Å²) in [6.07, 6.45) is 1.93. The number of nitriles is 1. The lowest BCUT2D eigenvalue weighted by Crippen LogP contribution is -2.28. The van der Waals surface area contributed by atoms with Crippen LogP contribution in [0.3, 0.4) is 0 Å². The first-order valence-electron chi connectivity index (χ1n) is 4.53. The molecule has 0 saturated carbocycles. The van der Waals surface area contributed by atoms with Crippen molar-refractivity contribution in [1.29, 1.82) is 5.26 Å². The summed E-state index contributed by atoms with van der Waals surface area (Å²) in [6, 6.07) is 4.49. The fraction of sp³-hybridized carbons (Fsp3) is 0.300. The van der Waals surface area contributed by atoms with Crippen LogP contribution in [-0.2, 0) is 4.79 Å². The molecule has 1 aromatic heterocycles. The largest absolute Gasteiger partial charge is 0.480 e. The van der Waals surface area contributed by atoms with Gasteiger partial charge in [0.25, 0.3) is 0 Å². The van der Waals surface area contributed by atoms with E-state index in [1.807, 2.05) is 6.07 Å². The van der Waals surface area contributed by atoms with Gasteiger partial charge in [-0.3, -0.25) is 0 Å². The molecule has 0 aliphatic rings. The molecule has 0 aromatic carbocycles. The van der Waals surface area contributed by atoms with Crippen molar-refractivity contribution in [2.75, 3.05) is 5.32 Å². The number of carboxylic acids is 1. The van der Waals surface area contributed by atoms with Gasteiger partial charge in [-0.05, 0) is 18.6 Å². The van der Waals surface area contributed by atoms with Crippen LogP contribution in [0.4, 0.5) is 5.69 Å². The molecule has 5 heteroatoms. The topological polar surface area (TPSA) is 86.0 Å². The quantitative estimate of drug-likeness (QED) is 0.772. The second-order valence-electron chi connectivity index (χ2n) is 2.95. The molecule has 0 bridgehead atoms. The summed E-state index contributed by atoms with van der Waals surface area (Å²) in [4.78, 5) is 14.6. The summed E-state index contributed by atoms with van der Waals surface area (Å²) >= 11 is 0. The molecule has 0 fully saturated rings. The molecule has 0 saturated heterocycles. The number of nitrogens with zero attached hydrogens (tertiary/aromatic N) is 2. The molecule has 1 aromatic rings. The molecular formula is C10H11N3O2. The zero-order valence-corrected chi connectivity index (χ0v) is 8.27. The average Bonchev–Trinajstić information content (AvgIpc) is 2.25. The van der Waals surface area contributed by atoms with E-state index in [1.54, 1.807) is 19.1 Å². The third kappa shape index (κ3) is 2.68. The van der Waals surface area contributed by atoms with Crippen LogP contribution in [0.1, 0.15) is 19.0 Å². The van der Waals surface area contributed by atoms with Crippen LogP contribution in [0.15, 0.2) is 18.3 Å². The molecule has 1 rings (SSSR count). The Bertz CT molecular complexity index is 398. The zero-order chi connectivity index (χ0) is 11.3. The molecule has 15 heavy (non-hydrogen) atoms. The minimum atomic E-state index is -0.940. The SMILES string of the molecule is CCC(Nc1cccnc1C#N)C(=O)O. The summed E-state index contributed by atoms with van der Waals surface area (Å²) in [5, 5.41) is 20.3. The lowest BCUT2D eigenvalue weighted by atomic mass is 10.2. The highest BCUT2D eigenvalue weighted by Gasteiger charge is 2.15. The van der Waals surface area contributed by atoms with Gasteiger partial charge in [0.2, 0.25) is 0 Å². The number of carbonyl (C=O) groups is 1. The maximum Gasteiger partial charge on any atom is 0.326 e. The normalized spacial score (nSPS) is 11.5. The zero-order valence-electron chi connectivity index (χ0n) is 8.27. The molecule has 1 unspecified atom stereocenters. The number of aromatic nitrogens is 1. The number of rotatable bonds is 4. The molecule has 1 heterocycles. The lowest BCUT2D eigenvalue weighted by molar-refractivity contribution is -0.137. The van der Waals surface area contributed by atoms with E-state index in [0.29, 0.717) is 12.1 Å². The molecule has 2 N–H and O–H groups in total. The first kappa shape index (κ1) is 11.0. The van der Waals surface area contributed by atoms with Gasteiger partial charge in [-0.15, -0.1) is 0 Å². The maximum absolute atomic E-state index is 10.8. The van der Waals surface area contributed by atoms with Gasteiger partial charge in [0, 0.05) is 6.20 Å². The lowest BCUT2D eigenvalue weighted by Gasteiger charge is -2.13. The van der Waals surface area contributed by atoms with Crippen molar-refractivity contribution in [2.24, 2.45) is 0 Å². The highest BCUT2D eigenvalue weighted by atomic mass is 16.4. The maximum atomic E-state index is 10.8. The summed E-state index contributed by atoms with van der Waals surface area (Å²) < 4.78 is 0. The van der Waals surface area contributed by atoms with E-state index >= 15 is 0 Å². The first-order valence-corrected chi connectivity index (χ1v) is 4.53. The number of pyridine rings is 1. The molecule has 5 nitrogen and oxygen atoms in total. The molecule has 0 aliphatic heterocycles. The van der Waals surface area contributed by atoms with E-state index in [-0.39, 0.29) is 5.69 Å². The highest BCUT2D eigenvalue weighted by Crippen LogP contribution is 2.13. The van der Waals surface area contributed by atoms with Gasteiger partial charge >= 0.3 is 5.97 Å². The standard InChI is InChI=1S/C10H11N3O2/c1-2-7(10(14)15)13-8-4-3-5-12-9(8)6-11/h3-5,7,13H,2H2,1H3,(H,14,15). The molecule has 0 radical (unpaired) electrons. The van der Waals surface area contributed by atoms with E-state index in [9.17, 15) is 4.79 Å². The Balaban J connectivity index is 2.89. The van der Waals surface area contributed by atoms with Crippen molar-refractivity contribution in [2.45, 2.75) is 19.4 Å². The molecule has 0 amide bonds. The summed E-state index contributed by atoms with van der Waals surface area (Å²) in [5.74, 6) is -0.940. The fourth-order valence-electron chi connectivity index (χ4n) is 1.14. The number of hydrogen-bond donors (Lipinski definition) is 2. The average molecular weight is 205 g/mol. The monoisotopic (exact) mass is 205 g/mol. The van der Waals surface area contributed by atoms with Crippen molar-refractivity contribution in [1.82, 2.24) is 4.98 Å². The van der Waals surface area contributed by atoms with Gasteiger partial charge in [-0.2, -0.15) is 5.26 Å². The Hall–Kier alpha value is -2.09. The van der Waals surface area contributed by atoms with Gasteiger partial charge in [-0.25, -0.2) is 9.78 Å². The highest BCUT2D eigenvalue weighted by molar-refractivity contribution is 5.77. The fourth-order valence-corrected chi connectivity index (χ4v) is 1.14. The van der Waals surface area contributed by atoms with Gasteiger partial charge in [0.15, 0.2) is 5.69 Å². The molecule has 78 valence electrons. The van der Waals surface area contributed by atoms with Gasteiger partial charge in [0.05, 0.1) is 5.69 Å². The number of carboxylic acid groups (broad SMARTS) is 1. The first-order chi connectivity index (χ1) is 7.19. The van der Waals surface area contributed by atoms with Crippen LogP contribution in [0.25, 0.3) is 0 Å². The molecular weight excluding hydrogens is 194 g/mol. The van der Waals surface area contributed by atoms with Crippen LogP contribution in [0.5, 0.6) is 0 Å². The number of aliphatic carboxylic acids is 1. The van der Waals surface area contributed by atoms with Gasteiger partial charge in [-0.1, -0.05) is 6.92 Å². The Morgan fingerprint density at radius 1 is 1.80 bits per heavy atom. The number of hydrogen-bond acceptors (Lipinski definition) is 4. The number of nitrogens with one attached hydrogen (secondary N) is 1. The summed E-state index contributed by atoms with van der Waals surface area (Å²) in [7, 11) is 0. The van der Waals surface area contributed by atoms with Crippen LogP contribution in [-0.4, -0.2) is 22.1 Å². The second kappa shape index (κ2) is 4.96. The van der Waals surface area contributed by atoms with Crippen molar-refractivity contribution in [3.8, 4) is 6.07 Å². The Kier molecular flexibility index (Phi) is 3.63. The van der Waals surface area contributed by atoms with E-state index in [4.69, 9.17) is 10.4 Å². The summed E-state index contributed by atoms with van der Waals surface area (Å²) in [5.41, 5.74) is 0.659. The Morgan fingerprint density at radius 2 is 2.53 bits per heavy atom. The van der Waals surface area contributed by atoms with Crippen LogP contribution < -0.4 is 5.32 Å². The van der Waals surface area contributed by atoms with E-state index < -0.39 is 12.0 Å². The van der Waals surface area contributed by atoms with Gasteiger partial charge in [0.1, 0.15) is 12.1 Å². The van der Waals surface area contributed by atoms with Crippen molar-refractivity contribution in [3.05, 3.63) is 24.0 Å². The van der Waals surface area contributed by atoms with E-state index in [0.717, 1.165) is 0 Å². The Labute approximate surface area is 87.4 Å². The summed E-state index contributed by atoms with van der Waals surface area (Å²) in [6.45, 7) is 1.76. The third-order valence-corrected chi connectivity index (χ3v) is 1.95. The van der Waals surface area contributed by atoms with E-state index in [1.165, 1.54) is 6.20 Å². The van der Waals surface area contributed by atoms with Crippen molar-refractivity contribution in [3.63, 3.8) is 0 Å². The van der Waals surface area contributed by atoms with Crippen molar-refractivity contribution >= 4 is 11.7 Å². The van der Waals surface area contributed by atoms with Crippen LogP contribution >= 0.6 is 0 Å². The van der Waals surface area contributed by atoms with Crippen LogP contribution in [0.2, 0.25) is 0 Å².